The molecular formula is C15H22N2. The fourth-order valence-electron chi connectivity index (χ4n) is 1.73. The fourth-order valence-corrected chi connectivity index (χ4v) is 1.73. The third-order valence-corrected chi connectivity index (χ3v) is 2.94. The minimum atomic E-state index is 0.382. The summed E-state index contributed by atoms with van der Waals surface area (Å²) >= 11 is 0. The Morgan fingerprint density at radius 2 is 2.18 bits per heavy atom. The Balaban J connectivity index is 2.66. The predicted octanol–water partition coefficient (Wildman–Crippen LogP) is 2.81. The third-order valence-electron chi connectivity index (χ3n) is 2.94. The minimum absolute atomic E-state index is 0.382. The van der Waals surface area contributed by atoms with Crippen LogP contribution in [0.15, 0.2) is 59.4 Å². The van der Waals surface area contributed by atoms with E-state index in [1.165, 1.54) is 11.1 Å². The van der Waals surface area contributed by atoms with E-state index in [0.717, 1.165) is 12.1 Å². The molecule has 1 aliphatic carbocycles. The Kier molecular flexibility index (Phi) is 5.50. The van der Waals surface area contributed by atoms with Crippen LogP contribution in [-0.2, 0) is 0 Å². The second-order valence-electron chi connectivity index (χ2n) is 4.19. The van der Waals surface area contributed by atoms with Gasteiger partial charge in [-0.25, -0.2) is 0 Å². The van der Waals surface area contributed by atoms with Gasteiger partial charge < -0.3 is 11.5 Å². The Morgan fingerprint density at radius 3 is 2.82 bits per heavy atom. The Labute approximate surface area is 104 Å². The quantitative estimate of drug-likeness (QED) is 0.730. The highest BCUT2D eigenvalue weighted by Crippen LogP contribution is 2.14. The van der Waals surface area contributed by atoms with E-state index in [-0.39, 0.29) is 0 Å². The van der Waals surface area contributed by atoms with Gasteiger partial charge in [0, 0.05) is 12.2 Å². The van der Waals surface area contributed by atoms with Gasteiger partial charge in [-0.2, -0.15) is 0 Å². The Morgan fingerprint density at radius 1 is 1.41 bits per heavy atom. The molecule has 17 heavy (non-hydrogen) atoms. The molecule has 0 radical (unpaired) electrons. The molecule has 0 fully saturated rings. The average Bonchev–Trinajstić information content (AvgIpc) is 2.53. The second-order valence-corrected chi connectivity index (χ2v) is 4.19. The molecule has 1 atom stereocenters. The van der Waals surface area contributed by atoms with Crippen LogP contribution in [0, 0.1) is 5.92 Å². The summed E-state index contributed by atoms with van der Waals surface area (Å²) < 4.78 is 0. The first-order chi connectivity index (χ1) is 8.17. The van der Waals surface area contributed by atoms with E-state index in [4.69, 9.17) is 11.5 Å². The smallest absolute Gasteiger partial charge is 0.0276 e. The first-order valence-electron chi connectivity index (χ1n) is 6.04. The van der Waals surface area contributed by atoms with Crippen LogP contribution in [0.1, 0.15) is 20.3 Å². The number of hydrogen-bond donors (Lipinski definition) is 2. The molecule has 92 valence electrons. The van der Waals surface area contributed by atoms with E-state index in [2.05, 4.69) is 31.2 Å². The van der Waals surface area contributed by atoms with Crippen molar-refractivity contribution in [2.45, 2.75) is 20.3 Å². The summed E-state index contributed by atoms with van der Waals surface area (Å²) in [6, 6.07) is 0. The number of hydrogen-bond acceptors (Lipinski definition) is 2. The summed E-state index contributed by atoms with van der Waals surface area (Å²) in [5, 5.41) is 0. The zero-order valence-electron chi connectivity index (χ0n) is 10.7. The molecule has 0 spiro atoms. The van der Waals surface area contributed by atoms with Gasteiger partial charge >= 0.3 is 0 Å². The van der Waals surface area contributed by atoms with E-state index in [9.17, 15) is 0 Å². The third kappa shape index (κ3) is 4.45. The lowest BCUT2D eigenvalue weighted by molar-refractivity contribution is 0.824. The molecule has 0 aromatic carbocycles. The standard InChI is InChI=1S/C15H22N2/c1-3-14(11-16)12(2)7-8-13-5-4-6-15(17)10-9-13/h3,5-10,12H,4,11,16-17H2,1-2H3/b8-7-,14-3-. The molecule has 0 aliphatic heterocycles. The molecule has 0 amide bonds. The van der Waals surface area contributed by atoms with Crippen molar-refractivity contribution in [1.82, 2.24) is 0 Å². The maximum absolute atomic E-state index is 5.74. The van der Waals surface area contributed by atoms with Gasteiger partial charge in [-0.15, -0.1) is 0 Å². The minimum Gasteiger partial charge on any atom is -0.399 e. The molecule has 2 nitrogen and oxygen atoms in total. The zero-order valence-corrected chi connectivity index (χ0v) is 10.7. The van der Waals surface area contributed by atoms with Crippen LogP contribution in [0.4, 0.5) is 0 Å². The molecule has 0 saturated carbocycles. The summed E-state index contributed by atoms with van der Waals surface area (Å²) in [6.45, 7) is 4.81. The van der Waals surface area contributed by atoms with Crippen LogP contribution in [0.3, 0.4) is 0 Å². The van der Waals surface area contributed by atoms with E-state index < -0.39 is 0 Å². The van der Waals surface area contributed by atoms with E-state index >= 15 is 0 Å². The lowest BCUT2D eigenvalue weighted by atomic mass is 9.99. The molecule has 1 unspecified atom stereocenters. The van der Waals surface area contributed by atoms with Crippen molar-refractivity contribution < 1.29 is 0 Å². The SMILES string of the molecule is C/C=C(/CN)C(C)/C=C\C1=CCC=C(N)C=C1. The molecule has 0 heterocycles. The van der Waals surface area contributed by atoms with Crippen molar-refractivity contribution in [1.29, 1.82) is 0 Å². The molecule has 0 aromatic rings. The van der Waals surface area contributed by atoms with Crippen LogP contribution in [-0.4, -0.2) is 6.54 Å². The summed E-state index contributed by atoms with van der Waals surface area (Å²) in [5.74, 6) is 0.382. The lowest BCUT2D eigenvalue weighted by Crippen LogP contribution is -2.08. The average molecular weight is 230 g/mol. The Hall–Kier alpha value is -1.54. The number of allylic oxidation sites excluding steroid dienone is 8. The van der Waals surface area contributed by atoms with Crippen molar-refractivity contribution in [3.63, 3.8) is 0 Å². The van der Waals surface area contributed by atoms with E-state index in [1.807, 2.05) is 25.2 Å². The highest BCUT2D eigenvalue weighted by molar-refractivity contribution is 5.38. The summed E-state index contributed by atoms with van der Waals surface area (Å²) in [7, 11) is 0. The van der Waals surface area contributed by atoms with Crippen molar-refractivity contribution in [3.05, 3.63) is 59.4 Å². The first kappa shape index (κ1) is 13.5. The van der Waals surface area contributed by atoms with Gasteiger partial charge in [-0.05, 0) is 30.9 Å². The molecular weight excluding hydrogens is 208 g/mol. The summed E-state index contributed by atoms with van der Waals surface area (Å²) in [5.41, 5.74) is 14.7. The number of nitrogens with two attached hydrogens (primary N) is 2. The van der Waals surface area contributed by atoms with Crippen LogP contribution in [0.2, 0.25) is 0 Å². The topological polar surface area (TPSA) is 52.0 Å². The summed E-state index contributed by atoms with van der Waals surface area (Å²) in [4.78, 5) is 0. The highest BCUT2D eigenvalue weighted by atomic mass is 14.6. The van der Waals surface area contributed by atoms with Gasteiger partial charge in [-0.3, -0.25) is 0 Å². The monoisotopic (exact) mass is 230 g/mol. The molecule has 0 saturated heterocycles. The zero-order chi connectivity index (χ0) is 12.7. The molecule has 4 N–H and O–H groups in total. The molecule has 0 bridgehead atoms. The van der Waals surface area contributed by atoms with Gasteiger partial charge in [-0.1, -0.05) is 49.0 Å². The van der Waals surface area contributed by atoms with E-state index in [1.54, 1.807) is 0 Å². The van der Waals surface area contributed by atoms with Gasteiger partial charge in [0.2, 0.25) is 0 Å². The lowest BCUT2D eigenvalue weighted by Gasteiger charge is -2.09. The van der Waals surface area contributed by atoms with Crippen LogP contribution in [0.25, 0.3) is 0 Å². The van der Waals surface area contributed by atoms with Gasteiger partial charge in [0.15, 0.2) is 0 Å². The molecule has 1 aliphatic rings. The highest BCUT2D eigenvalue weighted by Gasteiger charge is 2.01. The van der Waals surface area contributed by atoms with Crippen molar-refractivity contribution in [3.8, 4) is 0 Å². The molecule has 2 heteroatoms. The molecule has 0 aromatic heterocycles. The van der Waals surface area contributed by atoms with Crippen molar-refractivity contribution in [2.24, 2.45) is 17.4 Å². The van der Waals surface area contributed by atoms with Gasteiger partial charge in [0.05, 0.1) is 0 Å². The summed E-state index contributed by atoms with van der Waals surface area (Å²) in [6.07, 6.45) is 15.4. The Bertz CT molecular complexity index is 395. The second kappa shape index (κ2) is 6.92. The van der Waals surface area contributed by atoms with Gasteiger partial charge in [0.1, 0.15) is 0 Å². The van der Waals surface area contributed by atoms with E-state index in [0.29, 0.717) is 12.5 Å². The van der Waals surface area contributed by atoms with Crippen LogP contribution in [0.5, 0.6) is 0 Å². The maximum atomic E-state index is 5.74. The molecule has 1 rings (SSSR count). The van der Waals surface area contributed by atoms with Crippen LogP contribution < -0.4 is 11.5 Å². The largest absolute Gasteiger partial charge is 0.399 e. The normalized spacial score (nSPS) is 18.9. The van der Waals surface area contributed by atoms with Crippen molar-refractivity contribution >= 4 is 0 Å². The first-order valence-corrected chi connectivity index (χ1v) is 6.04. The van der Waals surface area contributed by atoms with Crippen molar-refractivity contribution in [2.75, 3.05) is 6.54 Å². The number of rotatable bonds is 4. The predicted molar refractivity (Wildman–Crippen MR) is 75.2 cm³/mol. The fraction of sp³-hybridized carbons (Fsp3) is 0.333. The maximum Gasteiger partial charge on any atom is 0.0276 e. The van der Waals surface area contributed by atoms with Crippen LogP contribution >= 0.6 is 0 Å². The van der Waals surface area contributed by atoms with Gasteiger partial charge in [0.25, 0.3) is 0 Å².